The summed E-state index contributed by atoms with van der Waals surface area (Å²) in [6.45, 7) is 8.28. The van der Waals surface area contributed by atoms with E-state index in [0.717, 1.165) is 12.2 Å². The van der Waals surface area contributed by atoms with Crippen molar-refractivity contribution in [1.82, 2.24) is 20.3 Å². The Hall–Kier alpha value is -0.980. The molecular weight excluding hydrogens is 232 g/mol. The summed E-state index contributed by atoms with van der Waals surface area (Å²) in [5.41, 5.74) is 0.897. The Bertz CT molecular complexity index is 346. The van der Waals surface area contributed by atoms with E-state index < -0.39 is 0 Å². The van der Waals surface area contributed by atoms with Gasteiger partial charge in [-0.05, 0) is 20.8 Å². The molecule has 0 aliphatic carbocycles. The molecule has 0 saturated heterocycles. The Labute approximate surface area is 109 Å². The summed E-state index contributed by atoms with van der Waals surface area (Å²) in [5.74, 6) is 0. The molecule has 18 heavy (non-hydrogen) atoms. The molecule has 6 nitrogen and oxygen atoms in total. The first kappa shape index (κ1) is 15.1. The summed E-state index contributed by atoms with van der Waals surface area (Å²) in [5, 5.41) is 11.5. The maximum Gasteiger partial charge on any atom is 0.0965 e. The van der Waals surface area contributed by atoms with Gasteiger partial charge in [0.05, 0.1) is 30.1 Å². The third kappa shape index (κ3) is 4.72. The van der Waals surface area contributed by atoms with Crippen LogP contribution in [0.4, 0.5) is 0 Å². The lowest BCUT2D eigenvalue weighted by atomic mass is 10.1. The SMILES string of the molecule is COCC(CNCc1cn(C(C)(C)C)nn1)OC. The largest absolute Gasteiger partial charge is 0.382 e. The van der Waals surface area contributed by atoms with Crippen molar-refractivity contribution in [2.75, 3.05) is 27.4 Å². The highest BCUT2D eigenvalue weighted by atomic mass is 16.5. The highest BCUT2D eigenvalue weighted by molar-refractivity contribution is 4.94. The second kappa shape index (κ2) is 6.82. The van der Waals surface area contributed by atoms with Crippen LogP contribution in [0.2, 0.25) is 0 Å². The molecule has 1 unspecified atom stereocenters. The van der Waals surface area contributed by atoms with Gasteiger partial charge in [0.2, 0.25) is 0 Å². The Morgan fingerprint density at radius 2 is 2.11 bits per heavy atom. The van der Waals surface area contributed by atoms with E-state index >= 15 is 0 Å². The predicted octanol–water partition coefficient (Wildman–Crippen LogP) is 0.784. The molecule has 0 aromatic carbocycles. The van der Waals surface area contributed by atoms with E-state index in [-0.39, 0.29) is 11.6 Å². The summed E-state index contributed by atoms with van der Waals surface area (Å²) < 4.78 is 12.2. The van der Waals surface area contributed by atoms with Crippen LogP contribution in [0.5, 0.6) is 0 Å². The van der Waals surface area contributed by atoms with Crippen molar-refractivity contribution in [3.63, 3.8) is 0 Å². The van der Waals surface area contributed by atoms with Crippen molar-refractivity contribution < 1.29 is 9.47 Å². The number of hydrogen-bond donors (Lipinski definition) is 1. The molecule has 0 amide bonds. The number of nitrogens with one attached hydrogen (secondary N) is 1. The van der Waals surface area contributed by atoms with Crippen molar-refractivity contribution in [3.05, 3.63) is 11.9 Å². The third-order valence-electron chi connectivity index (χ3n) is 2.59. The second-order valence-corrected chi connectivity index (χ2v) is 5.27. The van der Waals surface area contributed by atoms with Crippen LogP contribution in [-0.2, 0) is 21.6 Å². The highest BCUT2D eigenvalue weighted by Crippen LogP contribution is 2.11. The van der Waals surface area contributed by atoms with Gasteiger partial charge in [0.1, 0.15) is 0 Å². The van der Waals surface area contributed by atoms with E-state index in [9.17, 15) is 0 Å². The van der Waals surface area contributed by atoms with Crippen molar-refractivity contribution in [2.45, 2.75) is 39.0 Å². The Kier molecular flexibility index (Phi) is 5.71. The molecule has 6 heteroatoms. The molecule has 1 atom stereocenters. The number of aromatic nitrogens is 3. The Morgan fingerprint density at radius 1 is 1.39 bits per heavy atom. The quantitative estimate of drug-likeness (QED) is 0.781. The minimum absolute atomic E-state index is 0.0314. The smallest absolute Gasteiger partial charge is 0.0965 e. The van der Waals surface area contributed by atoms with Crippen molar-refractivity contribution in [3.8, 4) is 0 Å². The number of hydrogen-bond acceptors (Lipinski definition) is 5. The lowest BCUT2D eigenvalue weighted by molar-refractivity contribution is 0.0287. The van der Waals surface area contributed by atoms with Gasteiger partial charge < -0.3 is 14.8 Å². The minimum atomic E-state index is -0.0314. The van der Waals surface area contributed by atoms with E-state index in [1.165, 1.54) is 0 Å². The van der Waals surface area contributed by atoms with Crippen molar-refractivity contribution in [1.29, 1.82) is 0 Å². The minimum Gasteiger partial charge on any atom is -0.382 e. The Balaban J connectivity index is 2.37. The normalized spacial score (nSPS) is 13.8. The summed E-state index contributed by atoms with van der Waals surface area (Å²) in [4.78, 5) is 0. The molecule has 1 heterocycles. The van der Waals surface area contributed by atoms with Crippen LogP contribution in [0.3, 0.4) is 0 Å². The molecule has 104 valence electrons. The molecule has 0 aliphatic rings. The van der Waals surface area contributed by atoms with Crippen LogP contribution in [0, 0.1) is 0 Å². The van der Waals surface area contributed by atoms with Crippen LogP contribution in [-0.4, -0.2) is 48.5 Å². The van der Waals surface area contributed by atoms with Gasteiger partial charge in [0.15, 0.2) is 0 Å². The van der Waals surface area contributed by atoms with E-state index in [1.54, 1.807) is 14.2 Å². The number of rotatable bonds is 7. The van der Waals surface area contributed by atoms with Crippen LogP contribution in [0.15, 0.2) is 6.20 Å². The average molecular weight is 256 g/mol. The average Bonchev–Trinajstić information content (AvgIpc) is 2.76. The van der Waals surface area contributed by atoms with Gasteiger partial charge in [0.25, 0.3) is 0 Å². The lowest BCUT2D eigenvalue weighted by Gasteiger charge is -2.17. The van der Waals surface area contributed by atoms with Crippen molar-refractivity contribution in [2.24, 2.45) is 0 Å². The van der Waals surface area contributed by atoms with Gasteiger partial charge in [-0.15, -0.1) is 5.10 Å². The molecule has 1 aromatic rings. The van der Waals surface area contributed by atoms with E-state index in [2.05, 4.69) is 36.4 Å². The van der Waals surface area contributed by atoms with Gasteiger partial charge in [-0.1, -0.05) is 5.21 Å². The first-order chi connectivity index (χ1) is 8.47. The monoisotopic (exact) mass is 256 g/mol. The van der Waals surface area contributed by atoms with Gasteiger partial charge in [-0.2, -0.15) is 0 Å². The van der Waals surface area contributed by atoms with Crippen molar-refractivity contribution >= 4 is 0 Å². The van der Waals surface area contributed by atoms with Crippen LogP contribution in [0.25, 0.3) is 0 Å². The number of ether oxygens (including phenoxy) is 2. The topological polar surface area (TPSA) is 61.2 Å². The van der Waals surface area contributed by atoms with E-state index in [4.69, 9.17) is 9.47 Å². The fourth-order valence-corrected chi connectivity index (χ4v) is 1.46. The zero-order valence-corrected chi connectivity index (χ0v) is 11.9. The second-order valence-electron chi connectivity index (χ2n) is 5.27. The van der Waals surface area contributed by atoms with Crippen LogP contribution in [0.1, 0.15) is 26.5 Å². The molecule has 0 aliphatic heterocycles. The van der Waals surface area contributed by atoms with Crippen LogP contribution >= 0.6 is 0 Å². The van der Waals surface area contributed by atoms with Gasteiger partial charge in [-0.25, -0.2) is 4.68 Å². The molecule has 0 radical (unpaired) electrons. The molecule has 0 bridgehead atoms. The van der Waals surface area contributed by atoms with E-state index in [1.807, 2.05) is 10.9 Å². The van der Waals surface area contributed by atoms with Gasteiger partial charge >= 0.3 is 0 Å². The molecule has 1 rings (SSSR count). The summed E-state index contributed by atoms with van der Waals surface area (Å²) in [6.07, 6.45) is 2.03. The van der Waals surface area contributed by atoms with Gasteiger partial charge in [0, 0.05) is 27.3 Å². The predicted molar refractivity (Wildman–Crippen MR) is 69.4 cm³/mol. The molecule has 1 aromatic heterocycles. The highest BCUT2D eigenvalue weighted by Gasteiger charge is 2.15. The summed E-state index contributed by atoms with van der Waals surface area (Å²) in [7, 11) is 3.35. The first-order valence-electron chi connectivity index (χ1n) is 6.11. The molecule has 0 spiro atoms. The molecule has 0 saturated carbocycles. The standard InChI is InChI=1S/C12H24N4O2/c1-12(2,3)16-8-10(14-15-16)6-13-7-11(18-5)9-17-4/h8,11,13H,6-7,9H2,1-5H3. The fraction of sp³-hybridized carbons (Fsp3) is 0.833. The van der Waals surface area contributed by atoms with E-state index in [0.29, 0.717) is 13.2 Å². The van der Waals surface area contributed by atoms with Gasteiger partial charge in [-0.3, -0.25) is 0 Å². The summed E-state index contributed by atoms with van der Waals surface area (Å²) in [6, 6.07) is 0. The maximum atomic E-state index is 5.26. The zero-order chi connectivity index (χ0) is 13.6. The number of methoxy groups -OCH3 is 2. The third-order valence-corrected chi connectivity index (χ3v) is 2.59. The molecule has 0 fully saturated rings. The lowest BCUT2D eigenvalue weighted by Crippen LogP contribution is -2.31. The zero-order valence-electron chi connectivity index (χ0n) is 11.9. The van der Waals surface area contributed by atoms with Crippen LogP contribution < -0.4 is 5.32 Å². The summed E-state index contributed by atoms with van der Waals surface area (Å²) >= 11 is 0. The fourth-order valence-electron chi connectivity index (χ4n) is 1.46. The maximum absolute atomic E-state index is 5.26. The first-order valence-corrected chi connectivity index (χ1v) is 6.11. The Morgan fingerprint density at radius 3 is 2.61 bits per heavy atom. The molecule has 1 N–H and O–H groups in total. The number of nitrogens with zero attached hydrogens (tertiary/aromatic N) is 3. The molecular formula is C12H24N4O2.